The van der Waals surface area contributed by atoms with Crippen LogP contribution in [-0.2, 0) is 14.6 Å². The van der Waals surface area contributed by atoms with Gasteiger partial charge in [-0.3, -0.25) is 4.99 Å². The van der Waals surface area contributed by atoms with E-state index in [9.17, 15) is 8.42 Å². The molecule has 0 atom stereocenters. The van der Waals surface area contributed by atoms with Crippen LogP contribution in [0.2, 0.25) is 0 Å². The Morgan fingerprint density at radius 2 is 1.83 bits per heavy atom. The topological polar surface area (TPSA) is 85.0 Å². The number of halogens is 1. The summed E-state index contributed by atoms with van der Waals surface area (Å²) in [5.74, 6) is 0.545. The Labute approximate surface area is 127 Å². The van der Waals surface area contributed by atoms with Crippen molar-refractivity contribution in [2.75, 3.05) is 44.9 Å². The van der Waals surface area contributed by atoms with Crippen LogP contribution >= 0.6 is 24.0 Å². The summed E-state index contributed by atoms with van der Waals surface area (Å²) < 4.78 is 26.8. The molecule has 0 aliphatic heterocycles. The van der Waals surface area contributed by atoms with Crippen LogP contribution in [0.1, 0.15) is 13.8 Å². The Hall–Kier alpha value is -0.0900. The largest absolute Gasteiger partial charge is 0.378 e. The molecule has 0 saturated carbocycles. The standard InChI is InChI=1S/C10H23N3O3S.HI/c1-4-13(5-2)10(11)12-6-7-16-8-9-17(3,14)15;/h4-9H2,1-3H3,(H2,11,12);1H. The second kappa shape index (κ2) is 10.8. The quantitative estimate of drug-likeness (QED) is 0.278. The molecule has 0 aliphatic carbocycles. The monoisotopic (exact) mass is 393 g/mol. The van der Waals surface area contributed by atoms with Crippen molar-refractivity contribution in [2.24, 2.45) is 10.7 Å². The van der Waals surface area contributed by atoms with Crippen molar-refractivity contribution in [1.82, 2.24) is 4.90 Å². The summed E-state index contributed by atoms with van der Waals surface area (Å²) in [7, 11) is -2.94. The third-order valence-electron chi connectivity index (χ3n) is 2.20. The van der Waals surface area contributed by atoms with Crippen molar-refractivity contribution in [2.45, 2.75) is 13.8 Å². The summed E-state index contributed by atoms with van der Waals surface area (Å²) in [4.78, 5) is 6.09. The molecule has 6 nitrogen and oxygen atoms in total. The molecule has 0 aromatic heterocycles. The third-order valence-corrected chi connectivity index (χ3v) is 3.10. The molecule has 0 heterocycles. The number of ether oxygens (including phenoxy) is 1. The molecule has 0 aliphatic rings. The van der Waals surface area contributed by atoms with E-state index >= 15 is 0 Å². The van der Waals surface area contributed by atoms with Gasteiger partial charge in [0.25, 0.3) is 0 Å². The van der Waals surface area contributed by atoms with Crippen LogP contribution in [0.25, 0.3) is 0 Å². The molecule has 0 spiro atoms. The second-order valence-corrected chi connectivity index (χ2v) is 5.91. The van der Waals surface area contributed by atoms with Gasteiger partial charge in [-0.25, -0.2) is 8.42 Å². The molecular weight excluding hydrogens is 369 g/mol. The lowest BCUT2D eigenvalue weighted by atomic mass is 10.5. The number of guanidine groups is 1. The zero-order valence-electron chi connectivity index (χ0n) is 11.3. The van der Waals surface area contributed by atoms with E-state index in [4.69, 9.17) is 10.5 Å². The average molecular weight is 393 g/mol. The minimum atomic E-state index is -2.94. The smallest absolute Gasteiger partial charge is 0.191 e. The molecule has 0 aromatic rings. The molecule has 0 unspecified atom stereocenters. The van der Waals surface area contributed by atoms with Crippen molar-refractivity contribution in [3.63, 3.8) is 0 Å². The lowest BCUT2D eigenvalue weighted by Crippen LogP contribution is -2.37. The van der Waals surface area contributed by atoms with Gasteiger partial charge in [0.1, 0.15) is 9.84 Å². The predicted molar refractivity (Wildman–Crippen MR) is 85.4 cm³/mol. The van der Waals surface area contributed by atoms with Crippen molar-refractivity contribution in [3.05, 3.63) is 0 Å². The highest BCUT2D eigenvalue weighted by Crippen LogP contribution is 1.88. The molecule has 18 heavy (non-hydrogen) atoms. The van der Waals surface area contributed by atoms with Crippen LogP contribution in [0.5, 0.6) is 0 Å². The molecule has 0 fully saturated rings. The van der Waals surface area contributed by atoms with Crippen molar-refractivity contribution >= 4 is 39.8 Å². The molecule has 0 aromatic carbocycles. The number of nitrogens with zero attached hydrogens (tertiary/aromatic N) is 2. The second-order valence-electron chi connectivity index (χ2n) is 3.65. The number of hydrogen-bond donors (Lipinski definition) is 1. The van der Waals surface area contributed by atoms with Crippen LogP contribution in [0, 0.1) is 0 Å². The van der Waals surface area contributed by atoms with E-state index in [0.29, 0.717) is 19.1 Å². The van der Waals surface area contributed by atoms with Gasteiger partial charge in [-0.2, -0.15) is 0 Å². The average Bonchev–Trinajstić information content (AvgIpc) is 2.23. The van der Waals surface area contributed by atoms with E-state index in [2.05, 4.69) is 4.99 Å². The van der Waals surface area contributed by atoms with Gasteiger partial charge in [-0.1, -0.05) is 0 Å². The molecule has 0 bridgehead atoms. The van der Waals surface area contributed by atoms with Gasteiger partial charge >= 0.3 is 0 Å². The molecule has 110 valence electrons. The van der Waals surface area contributed by atoms with Crippen LogP contribution in [0.15, 0.2) is 4.99 Å². The summed E-state index contributed by atoms with van der Waals surface area (Å²) in [6.45, 7) is 6.70. The molecule has 0 saturated heterocycles. The molecule has 0 amide bonds. The highest BCUT2D eigenvalue weighted by atomic mass is 127. The number of rotatable bonds is 8. The maximum Gasteiger partial charge on any atom is 0.191 e. The van der Waals surface area contributed by atoms with E-state index in [1.165, 1.54) is 6.26 Å². The Balaban J connectivity index is 0. The molecule has 0 radical (unpaired) electrons. The van der Waals surface area contributed by atoms with E-state index in [0.717, 1.165) is 13.1 Å². The first kappa shape index (κ1) is 20.2. The van der Waals surface area contributed by atoms with E-state index in [-0.39, 0.29) is 36.3 Å². The maximum atomic E-state index is 10.8. The summed E-state index contributed by atoms with van der Waals surface area (Å²) in [6, 6.07) is 0. The number of aliphatic imine (C=N–C) groups is 1. The van der Waals surface area contributed by atoms with Gasteiger partial charge in [0.15, 0.2) is 5.96 Å². The highest BCUT2D eigenvalue weighted by Gasteiger charge is 2.02. The Morgan fingerprint density at radius 3 is 2.28 bits per heavy atom. The fourth-order valence-electron chi connectivity index (χ4n) is 1.18. The van der Waals surface area contributed by atoms with Crippen LogP contribution < -0.4 is 5.73 Å². The van der Waals surface area contributed by atoms with Gasteiger partial charge in [0.05, 0.1) is 25.5 Å². The first-order chi connectivity index (χ1) is 7.90. The fraction of sp³-hybridized carbons (Fsp3) is 0.900. The lowest BCUT2D eigenvalue weighted by molar-refractivity contribution is 0.157. The number of sulfone groups is 1. The van der Waals surface area contributed by atoms with Gasteiger partial charge in [0.2, 0.25) is 0 Å². The van der Waals surface area contributed by atoms with Crippen LogP contribution in [0.3, 0.4) is 0 Å². The van der Waals surface area contributed by atoms with Gasteiger partial charge in [0, 0.05) is 19.3 Å². The normalized spacial score (nSPS) is 12.1. The number of nitrogens with two attached hydrogens (primary N) is 1. The molecule has 0 rings (SSSR count). The Morgan fingerprint density at radius 1 is 1.28 bits per heavy atom. The first-order valence-electron chi connectivity index (χ1n) is 5.71. The van der Waals surface area contributed by atoms with Crippen LogP contribution in [0.4, 0.5) is 0 Å². The van der Waals surface area contributed by atoms with Crippen molar-refractivity contribution in [1.29, 1.82) is 0 Å². The van der Waals surface area contributed by atoms with Crippen molar-refractivity contribution < 1.29 is 13.2 Å². The summed E-state index contributed by atoms with van der Waals surface area (Å²) in [6.07, 6.45) is 1.19. The SMILES string of the molecule is CCN(CC)C(N)=NCCOCCS(C)(=O)=O.I. The van der Waals surface area contributed by atoms with Gasteiger partial charge < -0.3 is 15.4 Å². The van der Waals surface area contributed by atoms with Crippen molar-refractivity contribution in [3.8, 4) is 0 Å². The highest BCUT2D eigenvalue weighted by molar-refractivity contribution is 14.0. The van der Waals surface area contributed by atoms with Gasteiger partial charge in [-0.05, 0) is 13.8 Å². The van der Waals surface area contributed by atoms with E-state index in [1.54, 1.807) is 0 Å². The molecule has 8 heteroatoms. The summed E-state index contributed by atoms with van der Waals surface area (Å²) in [5.41, 5.74) is 5.75. The summed E-state index contributed by atoms with van der Waals surface area (Å²) >= 11 is 0. The van der Waals surface area contributed by atoms with Gasteiger partial charge in [-0.15, -0.1) is 24.0 Å². The maximum absolute atomic E-state index is 10.8. The Kier molecular flexibility index (Phi) is 12.1. The third kappa shape index (κ3) is 11.0. The summed E-state index contributed by atoms with van der Waals surface area (Å²) in [5, 5.41) is 0. The van der Waals surface area contributed by atoms with E-state index < -0.39 is 9.84 Å². The van der Waals surface area contributed by atoms with Crippen LogP contribution in [-0.4, -0.2) is 64.1 Å². The minimum absolute atomic E-state index is 0. The first-order valence-corrected chi connectivity index (χ1v) is 7.77. The minimum Gasteiger partial charge on any atom is -0.378 e. The van der Waals surface area contributed by atoms with E-state index in [1.807, 2.05) is 18.7 Å². The Bertz CT molecular complexity index is 329. The fourth-order valence-corrected chi connectivity index (χ4v) is 1.61. The zero-order valence-corrected chi connectivity index (χ0v) is 14.4. The predicted octanol–water partition coefficient (Wildman–Crippen LogP) is 0.322. The lowest BCUT2D eigenvalue weighted by Gasteiger charge is -2.19. The zero-order chi connectivity index (χ0) is 13.3. The molecule has 2 N–H and O–H groups in total. The number of hydrogen-bond acceptors (Lipinski definition) is 4. The molecular formula is C10H24IN3O3S.